The molecular weight excluding hydrogens is 212 g/mol. The van der Waals surface area contributed by atoms with E-state index < -0.39 is 0 Å². The smallest absolute Gasteiger partial charge is 0.137 e. The molecule has 1 aliphatic rings. The maximum absolute atomic E-state index is 5.59. The fraction of sp³-hybridized carbons (Fsp3) is 0.643. The van der Waals surface area contributed by atoms with E-state index in [1.54, 1.807) is 12.4 Å². The van der Waals surface area contributed by atoms with Gasteiger partial charge in [0.1, 0.15) is 12.4 Å². The van der Waals surface area contributed by atoms with Gasteiger partial charge in [-0.2, -0.15) is 0 Å². The minimum atomic E-state index is 0.698. The van der Waals surface area contributed by atoms with Crippen molar-refractivity contribution in [1.82, 2.24) is 10.3 Å². The molecule has 0 spiro atoms. The van der Waals surface area contributed by atoms with Gasteiger partial charge >= 0.3 is 0 Å². The zero-order chi connectivity index (χ0) is 11.9. The minimum Gasteiger partial charge on any atom is -0.491 e. The second-order valence-electron chi connectivity index (χ2n) is 4.95. The van der Waals surface area contributed by atoms with Crippen molar-refractivity contribution in [2.75, 3.05) is 13.2 Å². The highest BCUT2D eigenvalue weighted by atomic mass is 16.5. The summed E-state index contributed by atoms with van der Waals surface area (Å²) in [7, 11) is 0. The van der Waals surface area contributed by atoms with E-state index in [0.29, 0.717) is 6.04 Å². The van der Waals surface area contributed by atoms with Gasteiger partial charge in [0.15, 0.2) is 0 Å². The van der Waals surface area contributed by atoms with E-state index in [2.05, 4.69) is 17.2 Å². The van der Waals surface area contributed by atoms with Crippen molar-refractivity contribution in [3.63, 3.8) is 0 Å². The third kappa shape index (κ3) is 4.35. The Balaban J connectivity index is 1.57. The van der Waals surface area contributed by atoms with Crippen LogP contribution in [0.4, 0.5) is 0 Å². The van der Waals surface area contributed by atoms with Crippen LogP contribution in [0.15, 0.2) is 24.5 Å². The topological polar surface area (TPSA) is 34.1 Å². The summed E-state index contributed by atoms with van der Waals surface area (Å²) in [6.45, 7) is 3.99. The summed E-state index contributed by atoms with van der Waals surface area (Å²) in [5, 5.41) is 3.57. The largest absolute Gasteiger partial charge is 0.491 e. The molecule has 0 atom stereocenters. The van der Waals surface area contributed by atoms with Gasteiger partial charge in [0, 0.05) is 18.8 Å². The average Bonchev–Trinajstić information content (AvgIpc) is 2.38. The van der Waals surface area contributed by atoms with Gasteiger partial charge in [0.05, 0.1) is 6.20 Å². The first kappa shape index (κ1) is 12.4. The van der Waals surface area contributed by atoms with Crippen LogP contribution in [0.1, 0.15) is 32.6 Å². The molecule has 1 aliphatic carbocycles. The number of hydrogen-bond donors (Lipinski definition) is 1. The quantitative estimate of drug-likeness (QED) is 0.795. The lowest BCUT2D eigenvalue weighted by Crippen LogP contribution is -2.35. The van der Waals surface area contributed by atoms with Crippen molar-refractivity contribution < 1.29 is 4.74 Å². The van der Waals surface area contributed by atoms with Crippen LogP contribution in [0.5, 0.6) is 5.75 Å². The van der Waals surface area contributed by atoms with Gasteiger partial charge in [-0.15, -0.1) is 0 Å². The Morgan fingerprint density at radius 1 is 1.35 bits per heavy atom. The monoisotopic (exact) mass is 234 g/mol. The van der Waals surface area contributed by atoms with Gasteiger partial charge < -0.3 is 10.1 Å². The number of rotatable bonds is 5. The molecule has 1 heterocycles. The van der Waals surface area contributed by atoms with Gasteiger partial charge in [-0.3, -0.25) is 4.98 Å². The lowest BCUT2D eigenvalue weighted by molar-refractivity contribution is 0.270. The van der Waals surface area contributed by atoms with E-state index in [9.17, 15) is 0 Å². The molecule has 1 N–H and O–H groups in total. The van der Waals surface area contributed by atoms with Crippen molar-refractivity contribution >= 4 is 0 Å². The maximum Gasteiger partial charge on any atom is 0.137 e. The molecule has 0 amide bonds. The molecule has 94 valence electrons. The second-order valence-corrected chi connectivity index (χ2v) is 4.95. The second kappa shape index (κ2) is 6.60. The molecule has 0 aromatic carbocycles. The minimum absolute atomic E-state index is 0.698. The Bertz CT molecular complexity index is 307. The normalized spacial score (nSPS) is 24.5. The molecule has 17 heavy (non-hydrogen) atoms. The summed E-state index contributed by atoms with van der Waals surface area (Å²) < 4.78 is 5.59. The van der Waals surface area contributed by atoms with E-state index in [1.807, 2.05) is 12.1 Å². The van der Waals surface area contributed by atoms with Crippen molar-refractivity contribution in [3.8, 4) is 5.75 Å². The van der Waals surface area contributed by atoms with Crippen LogP contribution in [0.3, 0.4) is 0 Å². The molecule has 3 heteroatoms. The molecule has 2 rings (SSSR count). The summed E-state index contributed by atoms with van der Waals surface area (Å²) in [6.07, 6.45) is 8.86. The number of nitrogens with one attached hydrogen (secondary N) is 1. The van der Waals surface area contributed by atoms with E-state index in [4.69, 9.17) is 4.74 Å². The predicted octanol–water partition coefficient (Wildman–Crippen LogP) is 2.63. The third-order valence-corrected chi connectivity index (χ3v) is 3.45. The number of ether oxygens (including phenoxy) is 1. The Morgan fingerprint density at radius 2 is 2.18 bits per heavy atom. The number of nitrogens with zero attached hydrogens (tertiary/aromatic N) is 1. The zero-order valence-electron chi connectivity index (χ0n) is 10.6. The standard InChI is InChI=1S/C14H22N2O/c1-12-4-6-13(7-5-12)16-9-10-17-14-3-2-8-15-11-14/h2-3,8,11-13,16H,4-7,9-10H2,1H3. The first-order valence-corrected chi connectivity index (χ1v) is 6.61. The van der Waals surface area contributed by atoms with Crippen molar-refractivity contribution in [2.24, 2.45) is 5.92 Å². The molecule has 3 nitrogen and oxygen atoms in total. The predicted molar refractivity (Wildman–Crippen MR) is 69.2 cm³/mol. The average molecular weight is 234 g/mol. The molecule has 0 radical (unpaired) electrons. The summed E-state index contributed by atoms with van der Waals surface area (Å²) >= 11 is 0. The summed E-state index contributed by atoms with van der Waals surface area (Å²) in [5.74, 6) is 1.77. The lowest BCUT2D eigenvalue weighted by atomic mass is 9.87. The van der Waals surface area contributed by atoms with Crippen LogP contribution in [0.25, 0.3) is 0 Å². The van der Waals surface area contributed by atoms with E-state index in [0.717, 1.165) is 24.8 Å². The van der Waals surface area contributed by atoms with Gasteiger partial charge in [0.2, 0.25) is 0 Å². The van der Waals surface area contributed by atoms with Gasteiger partial charge in [-0.25, -0.2) is 0 Å². The molecule has 1 aromatic heterocycles. The molecule has 1 aromatic rings. The van der Waals surface area contributed by atoms with Gasteiger partial charge in [0.25, 0.3) is 0 Å². The van der Waals surface area contributed by atoms with Gasteiger partial charge in [-0.1, -0.05) is 6.92 Å². The van der Waals surface area contributed by atoms with Crippen LogP contribution >= 0.6 is 0 Å². The van der Waals surface area contributed by atoms with E-state index >= 15 is 0 Å². The highest BCUT2D eigenvalue weighted by Crippen LogP contribution is 2.23. The highest BCUT2D eigenvalue weighted by molar-refractivity contribution is 5.15. The number of aromatic nitrogens is 1. The first-order valence-electron chi connectivity index (χ1n) is 6.61. The van der Waals surface area contributed by atoms with E-state index in [1.165, 1.54) is 25.7 Å². The van der Waals surface area contributed by atoms with Crippen LogP contribution in [0, 0.1) is 5.92 Å². The Morgan fingerprint density at radius 3 is 2.88 bits per heavy atom. The van der Waals surface area contributed by atoms with Crippen LogP contribution in [0.2, 0.25) is 0 Å². The summed E-state index contributed by atoms with van der Waals surface area (Å²) in [5.41, 5.74) is 0. The molecule has 0 unspecified atom stereocenters. The first-order chi connectivity index (χ1) is 8.34. The van der Waals surface area contributed by atoms with Gasteiger partial charge in [-0.05, 0) is 43.7 Å². The third-order valence-electron chi connectivity index (χ3n) is 3.45. The molecule has 0 saturated heterocycles. The van der Waals surface area contributed by atoms with Crippen LogP contribution in [-0.4, -0.2) is 24.2 Å². The Kier molecular flexibility index (Phi) is 4.80. The molecule has 1 fully saturated rings. The fourth-order valence-corrected chi connectivity index (χ4v) is 2.33. The number of hydrogen-bond acceptors (Lipinski definition) is 3. The van der Waals surface area contributed by atoms with E-state index in [-0.39, 0.29) is 0 Å². The van der Waals surface area contributed by atoms with Crippen molar-refractivity contribution in [1.29, 1.82) is 0 Å². The maximum atomic E-state index is 5.59. The zero-order valence-corrected chi connectivity index (χ0v) is 10.6. The Hall–Kier alpha value is -1.09. The lowest BCUT2D eigenvalue weighted by Gasteiger charge is -2.26. The Labute approximate surface area is 104 Å². The van der Waals surface area contributed by atoms with Crippen molar-refractivity contribution in [3.05, 3.63) is 24.5 Å². The number of pyridine rings is 1. The van der Waals surface area contributed by atoms with Crippen molar-refractivity contribution in [2.45, 2.75) is 38.6 Å². The summed E-state index contributed by atoms with van der Waals surface area (Å²) in [4.78, 5) is 4.02. The highest BCUT2D eigenvalue weighted by Gasteiger charge is 2.16. The molecular formula is C14H22N2O. The molecule has 0 bridgehead atoms. The van der Waals surface area contributed by atoms with Crippen LogP contribution < -0.4 is 10.1 Å². The van der Waals surface area contributed by atoms with Crippen LogP contribution in [-0.2, 0) is 0 Å². The fourth-order valence-electron chi connectivity index (χ4n) is 2.33. The molecule has 1 saturated carbocycles. The SMILES string of the molecule is CC1CCC(NCCOc2cccnc2)CC1. The molecule has 0 aliphatic heterocycles. The summed E-state index contributed by atoms with van der Waals surface area (Å²) in [6, 6.07) is 4.53.